The Morgan fingerprint density at radius 3 is 2.50 bits per heavy atom. The van der Waals surface area contributed by atoms with Gasteiger partial charge >= 0.3 is 0 Å². The minimum Gasteiger partial charge on any atom is -0.322 e. The summed E-state index contributed by atoms with van der Waals surface area (Å²) in [5.41, 5.74) is 7.54. The molecule has 0 radical (unpaired) electrons. The monoisotopic (exact) mass is 311 g/mol. The van der Waals surface area contributed by atoms with Crippen molar-refractivity contribution in [2.75, 3.05) is 0 Å². The number of hydrogen-bond acceptors (Lipinski definition) is 1. The Hall–Kier alpha value is -0.340. The topological polar surface area (TPSA) is 26.0 Å². The fourth-order valence-corrected chi connectivity index (χ4v) is 3.32. The first-order valence-corrected chi connectivity index (χ1v) is 7.84. The Morgan fingerprint density at radius 1 is 1.28 bits per heavy atom. The van der Waals surface area contributed by atoms with E-state index in [0.29, 0.717) is 0 Å². The summed E-state index contributed by atoms with van der Waals surface area (Å²) in [5, 5.41) is 0. The van der Waals surface area contributed by atoms with Crippen LogP contribution in [0.3, 0.4) is 0 Å². The van der Waals surface area contributed by atoms with Crippen LogP contribution in [0.5, 0.6) is 0 Å². The zero-order valence-electron chi connectivity index (χ0n) is 11.9. The Morgan fingerprint density at radius 2 is 1.94 bits per heavy atom. The second-order valence-electron chi connectivity index (χ2n) is 5.52. The molecule has 1 aromatic rings. The van der Waals surface area contributed by atoms with Gasteiger partial charge in [0.05, 0.1) is 0 Å². The van der Waals surface area contributed by atoms with E-state index in [1.54, 1.807) is 0 Å². The van der Waals surface area contributed by atoms with E-state index in [1.807, 2.05) is 6.07 Å². The summed E-state index contributed by atoms with van der Waals surface area (Å²) in [7, 11) is 0. The molecule has 0 saturated heterocycles. The molecule has 1 nitrogen and oxygen atoms in total. The molecule has 0 saturated carbocycles. The van der Waals surface area contributed by atoms with Gasteiger partial charge in [-0.1, -0.05) is 73.7 Å². The first-order chi connectivity index (χ1) is 8.51. The van der Waals surface area contributed by atoms with Crippen molar-refractivity contribution in [3.05, 3.63) is 34.3 Å². The van der Waals surface area contributed by atoms with Crippen LogP contribution in [-0.2, 0) is 5.54 Å². The quantitative estimate of drug-likeness (QED) is 0.733. The van der Waals surface area contributed by atoms with Crippen molar-refractivity contribution >= 4 is 15.9 Å². The second kappa shape index (κ2) is 7.30. The van der Waals surface area contributed by atoms with Gasteiger partial charge in [-0.25, -0.2) is 0 Å². The van der Waals surface area contributed by atoms with Crippen molar-refractivity contribution < 1.29 is 0 Å². The summed E-state index contributed by atoms with van der Waals surface area (Å²) < 4.78 is 1.13. The van der Waals surface area contributed by atoms with Gasteiger partial charge < -0.3 is 5.73 Å². The third-order valence-electron chi connectivity index (χ3n) is 3.75. The Kier molecular flexibility index (Phi) is 6.37. The largest absolute Gasteiger partial charge is 0.322 e. The SMILES string of the molecule is CCCCC(CC)CC(C)(N)c1ccccc1Br. The van der Waals surface area contributed by atoms with Crippen LogP contribution in [-0.4, -0.2) is 0 Å². The molecule has 0 aromatic heterocycles. The summed E-state index contributed by atoms with van der Waals surface area (Å²) in [4.78, 5) is 0. The van der Waals surface area contributed by atoms with Crippen molar-refractivity contribution in [2.24, 2.45) is 11.7 Å². The van der Waals surface area contributed by atoms with Gasteiger partial charge in [0.2, 0.25) is 0 Å². The van der Waals surface area contributed by atoms with Crippen molar-refractivity contribution in [3.8, 4) is 0 Å². The molecule has 0 spiro atoms. The highest BCUT2D eigenvalue weighted by atomic mass is 79.9. The standard InChI is InChI=1S/C16H26BrN/c1-4-6-9-13(5-2)12-16(3,18)14-10-7-8-11-15(14)17/h7-8,10-11,13H,4-6,9,12,18H2,1-3H3. The van der Waals surface area contributed by atoms with Gasteiger partial charge in [-0.2, -0.15) is 0 Å². The molecule has 102 valence electrons. The molecule has 0 fully saturated rings. The molecule has 0 bridgehead atoms. The molecule has 0 aliphatic heterocycles. The van der Waals surface area contributed by atoms with E-state index in [2.05, 4.69) is 54.9 Å². The predicted molar refractivity (Wildman–Crippen MR) is 83.6 cm³/mol. The second-order valence-corrected chi connectivity index (χ2v) is 6.37. The van der Waals surface area contributed by atoms with Crippen LogP contribution in [0.1, 0.15) is 58.4 Å². The summed E-state index contributed by atoms with van der Waals surface area (Å²) in [6, 6.07) is 8.32. The highest BCUT2D eigenvalue weighted by Gasteiger charge is 2.26. The summed E-state index contributed by atoms with van der Waals surface area (Å²) >= 11 is 3.62. The Labute approximate surface area is 120 Å². The smallest absolute Gasteiger partial charge is 0.0394 e. The van der Waals surface area contributed by atoms with Crippen LogP contribution in [0.25, 0.3) is 0 Å². The number of rotatable bonds is 7. The molecule has 0 aliphatic carbocycles. The zero-order chi connectivity index (χ0) is 13.6. The lowest BCUT2D eigenvalue weighted by Gasteiger charge is -2.30. The van der Waals surface area contributed by atoms with Gasteiger partial charge in [0, 0.05) is 10.0 Å². The van der Waals surface area contributed by atoms with Crippen LogP contribution in [0.4, 0.5) is 0 Å². The molecule has 2 atom stereocenters. The lowest BCUT2D eigenvalue weighted by atomic mass is 9.81. The molecule has 0 amide bonds. The molecule has 0 heterocycles. The van der Waals surface area contributed by atoms with Crippen LogP contribution in [0.2, 0.25) is 0 Å². The van der Waals surface area contributed by atoms with Gasteiger partial charge in [0.15, 0.2) is 0 Å². The summed E-state index contributed by atoms with van der Waals surface area (Å²) in [6.45, 7) is 6.68. The Bertz CT molecular complexity index is 360. The molecule has 1 aromatic carbocycles. The van der Waals surface area contributed by atoms with Crippen molar-refractivity contribution in [1.29, 1.82) is 0 Å². The predicted octanol–water partition coefficient (Wildman–Crippen LogP) is 5.23. The van der Waals surface area contributed by atoms with Crippen LogP contribution in [0, 0.1) is 5.92 Å². The molecular formula is C16H26BrN. The minimum atomic E-state index is -0.242. The average molecular weight is 312 g/mol. The van der Waals surface area contributed by atoms with E-state index in [-0.39, 0.29) is 5.54 Å². The third kappa shape index (κ3) is 4.40. The number of halogens is 1. The molecule has 0 aliphatic rings. The van der Waals surface area contributed by atoms with Crippen molar-refractivity contribution in [2.45, 2.75) is 58.4 Å². The first kappa shape index (κ1) is 15.7. The van der Waals surface area contributed by atoms with Crippen LogP contribution < -0.4 is 5.73 Å². The first-order valence-electron chi connectivity index (χ1n) is 7.05. The van der Waals surface area contributed by atoms with Crippen LogP contribution in [0.15, 0.2) is 28.7 Å². The van der Waals surface area contributed by atoms with E-state index in [4.69, 9.17) is 5.73 Å². The molecule has 1 rings (SSSR count). The lowest BCUT2D eigenvalue weighted by molar-refractivity contribution is 0.315. The van der Waals surface area contributed by atoms with Crippen molar-refractivity contribution in [1.82, 2.24) is 0 Å². The van der Waals surface area contributed by atoms with E-state index < -0.39 is 0 Å². The van der Waals surface area contributed by atoms with E-state index in [0.717, 1.165) is 16.8 Å². The van der Waals surface area contributed by atoms with Gasteiger partial charge in [-0.15, -0.1) is 0 Å². The van der Waals surface area contributed by atoms with E-state index in [9.17, 15) is 0 Å². The molecule has 2 unspecified atom stereocenters. The Balaban J connectivity index is 2.76. The number of nitrogens with two attached hydrogens (primary N) is 1. The fraction of sp³-hybridized carbons (Fsp3) is 0.625. The molecule has 2 N–H and O–H groups in total. The van der Waals surface area contributed by atoms with Gasteiger partial charge in [0.25, 0.3) is 0 Å². The third-order valence-corrected chi connectivity index (χ3v) is 4.44. The van der Waals surface area contributed by atoms with Crippen molar-refractivity contribution in [3.63, 3.8) is 0 Å². The minimum absolute atomic E-state index is 0.242. The lowest BCUT2D eigenvalue weighted by Crippen LogP contribution is -2.35. The maximum absolute atomic E-state index is 6.56. The fourth-order valence-electron chi connectivity index (χ4n) is 2.58. The average Bonchev–Trinajstić information content (AvgIpc) is 2.34. The van der Waals surface area contributed by atoms with Crippen LogP contribution >= 0.6 is 15.9 Å². The number of benzene rings is 1. The molecular weight excluding hydrogens is 286 g/mol. The van der Waals surface area contributed by atoms with E-state index >= 15 is 0 Å². The highest BCUT2D eigenvalue weighted by molar-refractivity contribution is 9.10. The summed E-state index contributed by atoms with van der Waals surface area (Å²) in [6.07, 6.45) is 6.16. The van der Waals surface area contributed by atoms with Gasteiger partial charge in [-0.05, 0) is 30.9 Å². The zero-order valence-corrected chi connectivity index (χ0v) is 13.5. The molecule has 18 heavy (non-hydrogen) atoms. The summed E-state index contributed by atoms with van der Waals surface area (Å²) in [5.74, 6) is 0.729. The number of unbranched alkanes of at least 4 members (excludes halogenated alkanes) is 1. The normalized spacial score (nSPS) is 16.3. The maximum Gasteiger partial charge on any atom is 0.0394 e. The molecule has 2 heteroatoms. The van der Waals surface area contributed by atoms with Gasteiger partial charge in [-0.3, -0.25) is 0 Å². The highest BCUT2D eigenvalue weighted by Crippen LogP contribution is 2.33. The number of hydrogen-bond donors (Lipinski definition) is 1. The van der Waals surface area contributed by atoms with Gasteiger partial charge in [0.1, 0.15) is 0 Å². The maximum atomic E-state index is 6.56. The van der Waals surface area contributed by atoms with E-state index in [1.165, 1.54) is 31.2 Å².